The lowest BCUT2D eigenvalue weighted by atomic mass is 9.83. The third-order valence-electron chi connectivity index (χ3n) is 4.51. The molecule has 2 heteroatoms. The Labute approximate surface area is 108 Å². The van der Waals surface area contributed by atoms with Crippen LogP contribution in [0.3, 0.4) is 0 Å². The van der Waals surface area contributed by atoms with Crippen LogP contribution in [0, 0.1) is 16.7 Å². The molecular weight excluding hydrogens is 220 g/mol. The highest BCUT2D eigenvalue weighted by molar-refractivity contribution is 5.67. The normalized spacial score (nSPS) is 29.8. The van der Waals surface area contributed by atoms with Gasteiger partial charge >= 0.3 is 0 Å². The van der Waals surface area contributed by atoms with E-state index in [1.807, 2.05) is 0 Å². The van der Waals surface area contributed by atoms with Crippen molar-refractivity contribution in [2.45, 2.75) is 38.1 Å². The third kappa shape index (κ3) is 1.95. The van der Waals surface area contributed by atoms with E-state index < -0.39 is 0 Å². The van der Waals surface area contributed by atoms with E-state index in [2.05, 4.69) is 36.4 Å². The third-order valence-corrected chi connectivity index (χ3v) is 4.51. The summed E-state index contributed by atoms with van der Waals surface area (Å²) in [5.41, 5.74) is 10.3. The molecule has 0 radical (unpaired) electrons. The summed E-state index contributed by atoms with van der Waals surface area (Å²) in [6, 6.07) is 11.0. The molecule has 0 aromatic heterocycles. The predicted molar refractivity (Wildman–Crippen MR) is 72.6 cm³/mol. The molecule has 2 unspecified atom stereocenters. The molecule has 3 rings (SSSR count). The molecule has 1 aromatic carbocycles. The van der Waals surface area contributed by atoms with Gasteiger partial charge < -0.3 is 5.73 Å². The number of benzene rings is 1. The number of hydrogen-bond acceptors (Lipinski definition) is 2. The van der Waals surface area contributed by atoms with Crippen molar-refractivity contribution in [1.29, 1.82) is 5.26 Å². The van der Waals surface area contributed by atoms with Crippen molar-refractivity contribution in [2.24, 2.45) is 11.1 Å². The fourth-order valence-electron chi connectivity index (χ4n) is 3.01. The first-order chi connectivity index (χ1) is 8.73. The Balaban J connectivity index is 1.74. The van der Waals surface area contributed by atoms with Gasteiger partial charge in [-0.2, -0.15) is 5.26 Å². The molecule has 1 aromatic rings. The Morgan fingerprint density at radius 1 is 1.33 bits per heavy atom. The molecule has 2 aliphatic rings. The minimum Gasteiger partial charge on any atom is -0.327 e. The van der Waals surface area contributed by atoms with Crippen LogP contribution in [0.2, 0.25) is 0 Å². The van der Waals surface area contributed by atoms with Gasteiger partial charge in [0.1, 0.15) is 0 Å². The van der Waals surface area contributed by atoms with Crippen molar-refractivity contribution in [2.75, 3.05) is 0 Å². The first-order valence-corrected chi connectivity index (χ1v) is 6.64. The van der Waals surface area contributed by atoms with Crippen molar-refractivity contribution in [3.8, 4) is 6.07 Å². The summed E-state index contributed by atoms with van der Waals surface area (Å²) in [6.45, 7) is 0. The molecule has 18 heavy (non-hydrogen) atoms. The quantitative estimate of drug-likeness (QED) is 0.861. The lowest BCUT2D eigenvalue weighted by Crippen LogP contribution is -2.16. The smallest absolute Gasteiger partial charge is 0.0669 e. The SMILES string of the molecule is N#CCc1ccc(C2=CCC3(CC2)CC3N)cc1. The van der Waals surface area contributed by atoms with E-state index in [1.165, 1.54) is 24.0 Å². The maximum absolute atomic E-state index is 8.65. The Bertz CT molecular complexity index is 521. The van der Waals surface area contributed by atoms with Gasteiger partial charge in [-0.25, -0.2) is 0 Å². The van der Waals surface area contributed by atoms with Gasteiger partial charge in [-0.1, -0.05) is 30.3 Å². The fraction of sp³-hybridized carbons (Fsp3) is 0.438. The van der Waals surface area contributed by atoms with Crippen molar-refractivity contribution < 1.29 is 0 Å². The van der Waals surface area contributed by atoms with Crippen molar-refractivity contribution >= 4 is 5.57 Å². The minimum atomic E-state index is 0.438. The lowest BCUT2D eigenvalue weighted by molar-refractivity contribution is 0.447. The van der Waals surface area contributed by atoms with Crippen LogP contribution in [0.15, 0.2) is 30.3 Å². The molecular formula is C16H18N2. The van der Waals surface area contributed by atoms with Crippen LogP contribution in [0.1, 0.15) is 36.8 Å². The average molecular weight is 238 g/mol. The Hall–Kier alpha value is -1.59. The standard InChI is InChI=1S/C16H18N2/c17-10-7-12-1-3-13(4-2-12)14-5-8-16(9-6-14)11-15(16)18/h1-5,15H,6-9,11,18H2. The van der Waals surface area contributed by atoms with Crippen LogP contribution in [-0.2, 0) is 6.42 Å². The summed E-state index contributed by atoms with van der Waals surface area (Å²) in [7, 11) is 0. The molecule has 92 valence electrons. The maximum atomic E-state index is 8.65. The molecule has 1 fully saturated rings. The lowest BCUT2D eigenvalue weighted by Gasteiger charge is -2.22. The summed E-state index contributed by atoms with van der Waals surface area (Å²) in [5.74, 6) is 0. The summed E-state index contributed by atoms with van der Waals surface area (Å²) < 4.78 is 0. The topological polar surface area (TPSA) is 49.8 Å². The average Bonchev–Trinajstić information content (AvgIpc) is 3.01. The van der Waals surface area contributed by atoms with E-state index in [1.54, 1.807) is 0 Å². The zero-order chi connectivity index (χ0) is 12.6. The molecule has 1 saturated carbocycles. The van der Waals surface area contributed by atoms with Crippen LogP contribution in [0.25, 0.3) is 5.57 Å². The number of nitrogens with two attached hydrogens (primary N) is 1. The molecule has 2 aliphatic carbocycles. The van der Waals surface area contributed by atoms with Crippen molar-refractivity contribution in [3.05, 3.63) is 41.5 Å². The summed E-state index contributed by atoms with van der Waals surface area (Å²) in [4.78, 5) is 0. The molecule has 0 saturated heterocycles. The van der Waals surface area contributed by atoms with Crippen LogP contribution in [-0.4, -0.2) is 6.04 Å². The van der Waals surface area contributed by atoms with Gasteiger partial charge in [-0.15, -0.1) is 0 Å². The van der Waals surface area contributed by atoms with E-state index in [0.717, 1.165) is 18.4 Å². The number of nitriles is 1. The van der Waals surface area contributed by atoms with E-state index in [0.29, 0.717) is 17.9 Å². The van der Waals surface area contributed by atoms with Gasteiger partial charge in [-0.3, -0.25) is 0 Å². The zero-order valence-corrected chi connectivity index (χ0v) is 10.5. The van der Waals surface area contributed by atoms with Crippen LogP contribution < -0.4 is 5.73 Å². The summed E-state index contributed by atoms with van der Waals surface area (Å²) >= 11 is 0. The number of allylic oxidation sites excluding steroid dienone is 2. The molecule has 1 spiro atoms. The predicted octanol–water partition coefficient (Wildman–Crippen LogP) is 3.04. The van der Waals surface area contributed by atoms with Crippen molar-refractivity contribution in [3.63, 3.8) is 0 Å². The fourth-order valence-corrected chi connectivity index (χ4v) is 3.01. The first-order valence-electron chi connectivity index (χ1n) is 6.64. The summed E-state index contributed by atoms with van der Waals surface area (Å²) in [5, 5.41) is 8.65. The molecule has 0 aliphatic heterocycles. The van der Waals surface area contributed by atoms with E-state index >= 15 is 0 Å². The summed E-state index contributed by atoms with van der Waals surface area (Å²) in [6.07, 6.45) is 7.60. The zero-order valence-electron chi connectivity index (χ0n) is 10.5. The van der Waals surface area contributed by atoms with Crippen molar-refractivity contribution in [1.82, 2.24) is 0 Å². The van der Waals surface area contributed by atoms with E-state index in [9.17, 15) is 0 Å². The van der Waals surface area contributed by atoms with Gasteiger partial charge in [0.2, 0.25) is 0 Å². The Morgan fingerprint density at radius 2 is 2.06 bits per heavy atom. The van der Waals surface area contributed by atoms with Gasteiger partial charge in [-0.05, 0) is 47.8 Å². The number of hydrogen-bond donors (Lipinski definition) is 1. The molecule has 2 N–H and O–H groups in total. The van der Waals surface area contributed by atoms with Crippen LogP contribution >= 0.6 is 0 Å². The van der Waals surface area contributed by atoms with E-state index in [-0.39, 0.29) is 0 Å². The highest BCUT2D eigenvalue weighted by atomic mass is 14.8. The highest BCUT2D eigenvalue weighted by Crippen LogP contribution is 2.55. The second-order valence-corrected chi connectivity index (χ2v) is 5.64. The van der Waals surface area contributed by atoms with E-state index in [4.69, 9.17) is 11.0 Å². The molecule has 2 nitrogen and oxygen atoms in total. The minimum absolute atomic E-state index is 0.438. The van der Waals surface area contributed by atoms with Gasteiger partial charge in [0.15, 0.2) is 0 Å². The molecule has 0 bridgehead atoms. The second-order valence-electron chi connectivity index (χ2n) is 5.64. The first kappa shape index (κ1) is 11.5. The number of rotatable bonds is 2. The second kappa shape index (κ2) is 4.26. The molecule has 2 atom stereocenters. The van der Waals surface area contributed by atoms with Gasteiger partial charge in [0, 0.05) is 6.04 Å². The Kier molecular flexibility index (Phi) is 2.72. The van der Waals surface area contributed by atoms with Gasteiger partial charge in [0.05, 0.1) is 12.5 Å². The molecule has 0 heterocycles. The highest BCUT2D eigenvalue weighted by Gasteiger charge is 2.51. The largest absolute Gasteiger partial charge is 0.327 e. The molecule has 0 amide bonds. The Morgan fingerprint density at radius 3 is 2.56 bits per heavy atom. The van der Waals surface area contributed by atoms with Crippen LogP contribution in [0.4, 0.5) is 0 Å². The van der Waals surface area contributed by atoms with Crippen LogP contribution in [0.5, 0.6) is 0 Å². The number of nitrogens with zero attached hydrogens (tertiary/aromatic N) is 1. The maximum Gasteiger partial charge on any atom is 0.0669 e. The van der Waals surface area contributed by atoms with Gasteiger partial charge in [0.25, 0.3) is 0 Å². The monoisotopic (exact) mass is 238 g/mol.